The molecule has 2 saturated heterocycles. The van der Waals surface area contributed by atoms with Gasteiger partial charge in [0, 0.05) is 49.1 Å². The highest BCUT2D eigenvalue weighted by Gasteiger charge is 2.39. The van der Waals surface area contributed by atoms with Gasteiger partial charge >= 0.3 is 12.2 Å². The van der Waals surface area contributed by atoms with E-state index in [0.29, 0.717) is 19.6 Å². The molecule has 9 nitrogen and oxygen atoms in total. The van der Waals surface area contributed by atoms with E-state index in [1.807, 2.05) is 18.9 Å². The lowest BCUT2D eigenvalue weighted by molar-refractivity contribution is -0.137. The van der Waals surface area contributed by atoms with Crippen molar-refractivity contribution >= 4 is 51.6 Å². The lowest BCUT2D eigenvalue weighted by Crippen LogP contribution is -2.53. The van der Waals surface area contributed by atoms with E-state index in [1.54, 1.807) is 11.0 Å². The van der Waals surface area contributed by atoms with Gasteiger partial charge in [-0.25, -0.2) is 9.37 Å². The standard InChI is InChI=1S/C30H33Cl2F4N7O2/c1-16-12-21(37)38-27(24(16)30(34,35)36)23-20(32)13-19-26(25(23)33)39-29(45-15-18-6-5-9-41(18)3)40-28(19)43-11-10-42(14-17(43)2)22(44)7-4-8-31/h4,7,12-13,17-18H,5-6,8-11,14-15H2,1-3H3,(H2,37,38)/b7-4+/t17-,18-/m0/s1. The Morgan fingerprint density at radius 3 is 2.60 bits per heavy atom. The number of likely N-dealkylation sites (N-methyl/N-ethyl adjacent to an activating group) is 1. The maximum absolute atomic E-state index is 16.6. The molecule has 2 aliphatic heterocycles. The number of carbonyl (C=O) groups excluding carboxylic acids is 1. The molecular formula is C30H33Cl2F4N7O2. The number of ether oxygens (including phenoxy) is 1. The molecule has 0 aliphatic carbocycles. The molecule has 2 atom stereocenters. The van der Waals surface area contributed by atoms with Gasteiger partial charge in [0.15, 0.2) is 5.82 Å². The molecule has 2 fully saturated rings. The number of aryl methyl sites for hydroxylation is 1. The molecule has 2 N–H and O–H groups in total. The molecule has 5 rings (SSSR count). The van der Waals surface area contributed by atoms with E-state index in [2.05, 4.69) is 19.9 Å². The van der Waals surface area contributed by atoms with Gasteiger partial charge in [-0.05, 0) is 58.0 Å². The SMILES string of the molecule is Cc1cc(N)nc(-c2c(Cl)cc3c(N4CCN(C(=O)/C=C/CCl)C[C@@H]4C)nc(OC[C@@H]4CCCN4C)nc3c2F)c1C(F)(F)F. The first-order valence-electron chi connectivity index (χ1n) is 14.5. The number of halogens is 6. The molecule has 1 aromatic carbocycles. The van der Waals surface area contributed by atoms with Crippen molar-refractivity contribution < 1.29 is 27.1 Å². The molecule has 2 aliphatic rings. The summed E-state index contributed by atoms with van der Waals surface area (Å²) in [6.45, 7) is 5.24. The minimum Gasteiger partial charge on any atom is -0.462 e. The highest BCUT2D eigenvalue weighted by Crippen LogP contribution is 2.44. The summed E-state index contributed by atoms with van der Waals surface area (Å²) in [5, 5.41) is -0.142. The van der Waals surface area contributed by atoms with Crippen molar-refractivity contribution in [3.8, 4) is 17.3 Å². The number of pyridine rings is 1. The van der Waals surface area contributed by atoms with Crippen molar-refractivity contribution in [3.05, 3.63) is 46.3 Å². The van der Waals surface area contributed by atoms with Gasteiger partial charge in [0.05, 0.1) is 21.8 Å². The van der Waals surface area contributed by atoms with Crippen molar-refractivity contribution in [1.82, 2.24) is 24.8 Å². The highest BCUT2D eigenvalue weighted by molar-refractivity contribution is 6.34. The number of carbonyl (C=O) groups is 1. The molecule has 3 aromatic rings. The van der Waals surface area contributed by atoms with Crippen LogP contribution in [0, 0.1) is 12.7 Å². The van der Waals surface area contributed by atoms with Crippen LogP contribution in [0.25, 0.3) is 22.2 Å². The number of benzene rings is 1. The largest absolute Gasteiger partial charge is 0.462 e. The molecular weight excluding hydrogens is 637 g/mol. The number of anilines is 2. The van der Waals surface area contributed by atoms with Crippen LogP contribution >= 0.6 is 23.2 Å². The zero-order valence-electron chi connectivity index (χ0n) is 25.0. The Kier molecular flexibility index (Phi) is 9.62. The highest BCUT2D eigenvalue weighted by atomic mass is 35.5. The first kappa shape index (κ1) is 33.0. The molecule has 0 unspecified atom stereocenters. The number of likely N-dealkylation sites (tertiary alicyclic amines) is 1. The van der Waals surface area contributed by atoms with Crippen molar-refractivity contribution in [2.24, 2.45) is 0 Å². The van der Waals surface area contributed by atoms with Gasteiger partial charge in [0.1, 0.15) is 23.8 Å². The number of hydrogen-bond donors (Lipinski definition) is 1. The van der Waals surface area contributed by atoms with E-state index < -0.39 is 28.8 Å². The molecule has 4 heterocycles. The number of nitrogens with two attached hydrogens (primary N) is 1. The summed E-state index contributed by atoms with van der Waals surface area (Å²) < 4.78 is 65.2. The monoisotopic (exact) mass is 669 g/mol. The third-order valence-electron chi connectivity index (χ3n) is 8.24. The number of hydrogen-bond acceptors (Lipinski definition) is 8. The van der Waals surface area contributed by atoms with E-state index in [1.165, 1.54) is 19.1 Å². The lowest BCUT2D eigenvalue weighted by Gasteiger charge is -2.40. The van der Waals surface area contributed by atoms with Crippen LogP contribution in [0.4, 0.5) is 29.2 Å². The summed E-state index contributed by atoms with van der Waals surface area (Å²) in [6.07, 6.45) is 0.0121. The molecule has 242 valence electrons. The molecule has 0 saturated carbocycles. The number of fused-ring (bicyclic) bond motifs is 1. The van der Waals surface area contributed by atoms with Crippen LogP contribution in [0.15, 0.2) is 24.3 Å². The summed E-state index contributed by atoms with van der Waals surface area (Å²) in [5.74, 6) is -1.04. The maximum atomic E-state index is 16.6. The van der Waals surface area contributed by atoms with Crippen LogP contribution in [-0.4, -0.2) is 88.5 Å². The molecule has 2 aromatic heterocycles. The van der Waals surface area contributed by atoms with Gasteiger partial charge in [0.2, 0.25) is 5.91 Å². The Bertz CT molecular complexity index is 1640. The average Bonchev–Trinajstić information content (AvgIpc) is 3.38. The predicted molar refractivity (Wildman–Crippen MR) is 166 cm³/mol. The van der Waals surface area contributed by atoms with Gasteiger partial charge in [-0.2, -0.15) is 23.1 Å². The zero-order chi connectivity index (χ0) is 32.6. The zero-order valence-corrected chi connectivity index (χ0v) is 26.5. The van der Waals surface area contributed by atoms with Crippen LogP contribution in [-0.2, 0) is 11.0 Å². The topological polar surface area (TPSA) is 101 Å². The molecule has 0 radical (unpaired) electrons. The van der Waals surface area contributed by atoms with Crippen molar-refractivity contribution in [2.75, 3.05) is 56.3 Å². The molecule has 0 bridgehead atoms. The Labute approximate surface area is 267 Å². The number of nitrogens with zero attached hydrogens (tertiary/aromatic N) is 6. The van der Waals surface area contributed by atoms with E-state index in [9.17, 15) is 18.0 Å². The minimum absolute atomic E-state index is 0.0988. The predicted octanol–water partition coefficient (Wildman–Crippen LogP) is 5.70. The number of aromatic nitrogens is 3. The summed E-state index contributed by atoms with van der Waals surface area (Å²) in [5.41, 5.74) is 2.85. The van der Waals surface area contributed by atoms with Crippen LogP contribution in [0.1, 0.15) is 30.9 Å². The van der Waals surface area contributed by atoms with Crippen LogP contribution in [0.2, 0.25) is 5.02 Å². The van der Waals surface area contributed by atoms with Crippen molar-refractivity contribution in [3.63, 3.8) is 0 Å². The minimum atomic E-state index is -4.87. The Hall–Kier alpha value is -3.42. The van der Waals surface area contributed by atoms with E-state index >= 15 is 4.39 Å². The number of amides is 1. The van der Waals surface area contributed by atoms with Crippen LogP contribution < -0.4 is 15.4 Å². The number of nitrogen functional groups attached to an aromatic ring is 1. The lowest BCUT2D eigenvalue weighted by atomic mass is 9.99. The Balaban J connectivity index is 1.64. The Morgan fingerprint density at radius 2 is 1.96 bits per heavy atom. The Morgan fingerprint density at radius 1 is 1.20 bits per heavy atom. The molecule has 0 spiro atoms. The third-order valence-corrected chi connectivity index (χ3v) is 8.71. The summed E-state index contributed by atoms with van der Waals surface area (Å²) in [4.78, 5) is 31.2. The van der Waals surface area contributed by atoms with Gasteiger partial charge in [-0.15, -0.1) is 11.6 Å². The quantitative estimate of drug-likeness (QED) is 0.194. The molecule has 15 heteroatoms. The van der Waals surface area contributed by atoms with Crippen molar-refractivity contribution in [2.45, 2.75) is 44.9 Å². The van der Waals surface area contributed by atoms with Crippen LogP contribution in [0.5, 0.6) is 6.01 Å². The van der Waals surface area contributed by atoms with Crippen molar-refractivity contribution in [1.29, 1.82) is 0 Å². The summed E-state index contributed by atoms with van der Waals surface area (Å²) in [6, 6.07) is 2.10. The number of allylic oxidation sites excluding steroid dienone is 1. The first-order chi connectivity index (χ1) is 21.3. The fraction of sp³-hybridized carbons (Fsp3) is 0.467. The van der Waals surface area contributed by atoms with E-state index in [4.69, 9.17) is 33.7 Å². The second-order valence-electron chi connectivity index (χ2n) is 11.3. The third kappa shape index (κ3) is 6.75. The summed E-state index contributed by atoms with van der Waals surface area (Å²) >= 11 is 12.2. The number of rotatable bonds is 7. The maximum Gasteiger partial charge on any atom is 0.418 e. The second kappa shape index (κ2) is 13.1. The van der Waals surface area contributed by atoms with Gasteiger partial charge in [-0.1, -0.05) is 17.7 Å². The first-order valence-corrected chi connectivity index (χ1v) is 15.4. The van der Waals surface area contributed by atoms with Gasteiger partial charge in [-0.3, -0.25) is 4.79 Å². The molecule has 1 amide bonds. The van der Waals surface area contributed by atoms with E-state index in [0.717, 1.165) is 25.5 Å². The molecule has 45 heavy (non-hydrogen) atoms. The number of piperazine rings is 1. The van der Waals surface area contributed by atoms with Gasteiger partial charge in [0.25, 0.3) is 0 Å². The van der Waals surface area contributed by atoms with E-state index in [-0.39, 0.29) is 69.6 Å². The average molecular weight is 671 g/mol. The van der Waals surface area contributed by atoms with Gasteiger partial charge < -0.3 is 25.2 Å². The normalized spacial score (nSPS) is 19.7. The van der Waals surface area contributed by atoms with Crippen LogP contribution in [0.3, 0.4) is 0 Å². The fourth-order valence-electron chi connectivity index (χ4n) is 5.98. The smallest absolute Gasteiger partial charge is 0.418 e. The second-order valence-corrected chi connectivity index (χ2v) is 12.0. The fourth-order valence-corrected chi connectivity index (χ4v) is 6.35. The summed E-state index contributed by atoms with van der Waals surface area (Å²) in [7, 11) is 1.98. The number of alkyl halides is 4.